The van der Waals surface area contributed by atoms with Crippen LogP contribution in [0.1, 0.15) is 37.8 Å². The second-order valence-corrected chi connectivity index (χ2v) is 5.82. The summed E-state index contributed by atoms with van der Waals surface area (Å²) in [6.45, 7) is 7.25. The van der Waals surface area contributed by atoms with Crippen molar-refractivity contribution in [3.05, 3.63) is 16.6 Å². The highest BCUT2D eigenvalue weighted by Gasteiger charge is 2.30. The summed E-state index contributed by atoms with van der Waals surface area (Å²) in [5.41, 5.74) is -0.565. The highest BCUT2D eigenvalue weighted by molar-refractivity contribution is 7.09. The number of hydrogen-bond donors (Lipinski definition) is 1. The van der Waals surface area contributed by atoms with E-state index in [1.807, 2.05) is 25.4 Å². The molecule has 0 saturated carbocycles. The number of aromatic nitrogens is 1. The molecule has 1 saturated heterocycles. The summed E-state index contributed by atoms with van der Waals surface area (Å²) in [4.78, 5) is 6.61. The fraction of sp³-hybridized carbons (Fsp3) is 0.769. The minimum Gasteiger partial charge on any atom is -0.389 e. The summed E-state index contributed by atoms with van der Waals surface area (Å²) in [5.74, 6) is 0. The number of morpholine rings is 1. The van der Waals surface area contributed by atoms with Crippen LogP contribution in [-0.4, -0.2) is 46.8 Å². The van der Waals surface area contributed by atoms with Crippen LogP contribution < -0.4 is 0 Å². The van der Waals surface area contributed by atoms with Crippen LogP contribution in [0.3, 0.4) is 0 Å². The predicted octanol–water partition coefficient (Wildman–Crippen LogP) is 2.07. The minimum absolute atomic E-state index is 0.0664. The topological polar surface area (TPSA) is 45.6 Å². The number of hydrogen-bond acceptors (Lipinski definition) is 5. The number of aliphatic hydroxyl groups is 1. The van der Waals surface area contributed by atoms with Gasteiger partial charge in [0, 0.05) is 31.2 Å². The zero-order chi connectivity index (χ0) is 13.0. The number of β-amino-alcohol motifs (C(OH)–C–C–N with tert-alkyl or cyclic N) is 1. The van der Waals surface area contributed by atoms with E-state index in [4.69, 9.17) is 4.74 Å². The second kappa shape index (κ2) is 6.10. The van der Waals surface area contributed by atoms with Crippen molar-refractivity contribution >= 4 is 11.3 Å². The molecule has 1 unspecified atom stereocenters. The van der Waals surface area contributed by atoms with Gasteiger partial charge >= 0.3 is 0 Å². The van der Waals surface area contributed by atoms with Gasteiger partial charge in [-0.2, -0.15) is 0 Å². The average molecular weight is 270 g/mol. The van der Waals surface area contributed by atoms with Crippen LogP contribution in [0.2, 0.25) is 0 Å². The summed E-state index contributed by atoms with van der Waals surface area (Å²) < 4.78 is 5.76. The number of thiazole rings is 1. The van der Waals surface area contributed by atoms with Gasteiger partial charge in [0.2, 0.25) is 0 Å². The van der Waals surface area contributed by atoms with Crippen LogP contribution in [0.4, 0.5) is 0 Å². The maximum absolute atomic E-state index is 10.4. The molecule has 1 N–H and O–H groups in total. The molecule has 1 atom stereocenters. The Kier molecular flexibility index (Phi) is 4.72. The Bertz CT molecular complexity index is 352. The summed E-state index contributed by atoms with van der Waals surface area (Å²) in [6.07, 6.45) is 3.47. The van der Waals surface area contributed by atoms with Crippen LogP contribution in [0.15, 0.2) is 11.6 Å². The van der Waals surface area contributed by atoms with Crippen molar-refractivity contribution in [1.29, 1.82) is 0 Å². The van der Waals surface area contributed by atoms with E-state index in [0.29, 0.717) is 6.61 Å². The number of ether oxygens (including phenoxy) is 1. The zero-order valence-corrected chi connectivity index (χ0v) is 11.9. The molecule has 0 radical (unpaired) electrons. The molecule has 5 heteroatoms. The van der Waals surface area contributed by atoms with E-state index < -0.39 is 5.60 Å². The van der Waals surface area contributed by atoms with E-state index in [0.717, 1.165) is 37.5 Å². The first-order valence-corrected chi connectivity index (χ1v) is 7.50. The largest absolute Gasteiger partial charge is 0.389 e. The van der Waals surface area contributed by atoms with Gasteiger partial charge in [-0.05, 0) is 12.8 Å². The van der Waals surface area contributed by atoms with Gasteiger partial charge < -0.3 is 9.84 Å². The Morgan fingerprint density at radius 3 is 2.94 bits per heavy atom. The highest BCUT2D eigenvalue weighted by Crippen LogP contribution is 2.26. The summed E-state index contributed by atoms with van der Waals surface area (Å²) in [6, 6.07) is 0. The van der Waals surface area contributed by atoms with Crippen molar-refractivity contribution in [1.82, 2.24) is 9.88 Å². The molecule has 0 aromatic carbocycles. The second-order valence-electron chi connectivity index (χ2n) is 4.90. The molecular formula is C13H22N2O2S. The molecule has 0 bridgehead atoms. The Morgan fingerprint density at radius 1 is 1.56 bits per heavy atom. The normalized spacial score (nSPS) is 22.3. The number of rotatable bonds is 5. The van der Waals surface area contributed by atoms with Crippen molar-refractivity contribution in [3.8, 4) is 0 Å². The van der Waals surface area contributed by atoms with Gasteiger partial charge in [0.05, 0.1) is 12.2 Å². The smallest absolute Gasteiger partial charge is 0.123 e. The van der Waals surface area contributed by atoms with Gasteiger partial charge in [0.15, 0.2) is 0 Å². The van der Waals surface area contributed by atoms with Crippen LogP contribution in [0.5, 0.6) is 0 Å². The molecular weight excluding hydrogens is 248 g/mol. The molecule has 0 aliphatic carbocycles. The van der Waals surface area contributed by atoms with Crippen molar-refractivity contribution in [2.45, 2.75) is 38.4 Å². The van der Waals surface area contributed by atoms with Crippen molar-refractivity contribution < 1.29 is 9.84 Å². The third-order valence-electron chi connectivity index (χ3n) is 3.71. The van der Waals surface area contributed by atoms with Gasteiger partial charge in [-0.3, -0.25) is 4.90 Å². The van der Waals surface area contributed by atoms with Gasteiger partial charge in [-0.25, -0.2) is 4.98 Å². The standard InChI is InChI=1S/C13H22N2O2S/c1-3-13(16,4-2)10-15-6-7-17-11(9-15)12-14-5-8-18-12/h5,8,11,16H,3-4,6-7,9-10H2,1-2H3. The lowest BCUT2D eigenvalue weighted by Gasteiger charge is -2.37. The Morgan fingerprint density at radius 2 is 2.33 bits per heavy atom. The Hall–Kier alpha value is -0.490. The van der Waals surface area contributed by atoms with Crippen molar-refractivity contribution in [3.63, 3.8) is 0 Å². The molecule has 0 amide bonds. The van der Waals surface area contributed by atoms with Crippen molar-refractivity contribution in [2.75, 3.05) is 26.2 Å². The van der Waals surface area contributed by atoms with Crippen LogP contribution >= 0.6 is 11.3 Å². The predicted molar refractivity (Wildman–Crippen MR) is 72.8 cm³/mol. The average Bonchev–Trinajstić information content (AvgIpc) is 2.93. The fourth-order valence-corrected chi connectivity index (χ4v) is 2.96. The lowest BCUT2D eigenvalue weighted by atomic mass is 9.96. The lowest BCUT2D eigenvalue weighted by molar-refractivity contribution is -0.0681. The molecule has 1 aromatic rings. The molecule has 1 aromatic heterocycles. The van der Waals surface area contributed by atoms with E-state index in [1.54, 1.807) is 11.3 Å². The summed E-state index contributed by atoms with van der Waals surface area (Å²) >= 11 is 1.64. The third-order valence-corrected chi connectivity index (χ3v) is 4.58. The molecule has 4 nitrogen and oxygen atoms in total. The molecule has 0 spiro atoms. The van der Waals surface area contributed by atoms with Gasteiger partial charge in [0.1, 0.15) is 11.1 Å². The number of nitrogens with zero attached hydrogens (tertiary/aromatic N) is 2. The quantitative estimate of drug-likeness (QED) is 0.889. The minimum atomic E-state index is -0.565. The van der Waals surface area contributed by atoms with E-state index in [2.05, 4.69) is 9.88 Å². The first-order valence-electron chi connectivity index (χ1n) is 6.62. The fourth-order valence-electron chi connectivity index (χ4n) is 2.28. The van der Waals surface area contributed by atoms with Gasteiger partial charge in [-0.1, -0.05) is 13.8 Å². The van der Waals surface area contributed by atoms with E-state index >= 15 is 0 Å². The molecule has 2 heterocycles. The first kappa shape index (κ1) is 13.9. The molecule has 1 aliphatic rings. The van der Waals surface area contributed by atoms with E-state index in [-0.39, 0.29) is 6.10 Å². The van der Waals surface area contributed by atoms with Gasteiger partial charge in [0.25, 0.3) is 0 Å². The van der Waals surface area contributed by atoms with E-state index in [1.165, 1.54) is 0 Å². The van der Waals surface area contributed by atoms with Crippen LogP contribution in [0.25, 0.3) is 0 Å². The van der Waals surface area contributed by atoms with Crippen molar-refractivity contribution in [2.24, 2.45) is 0 Å². The van der Waals surface area contributed by atoms with Gasteiger partial charge in [-0.15, -0.1) is 11.3 Å². The van der Waals surface area contributed by atoms with Crippen LogP contribution in [-0.2, 0) is 4.74 Å². The Balaban J connectivity index is 1.95. The molecule has 102 valence electrons. The maximum Gasteiger partial charge on any atom is 0.123 e. The van der Waals surface area contributed by atoms with E-state index in [9.17, 15) is 5.11 Å². The molecule has 18 heavy (non-hydrogen) atoms. The first-order chi connectivity index (χ1) is 8.67. The summed E-state index contributed by atoms with van der Waals surface area (Å²) in [7, 11) is 0. The highest BCUT2D eigenvalue weighted by atomic mass is 32.1. The molecule has 2 rings (SSSR count). The zero-order valence-electron chi connectivity index (χ0n) is 11.1. The molecule has 1 fully saturated rings. The monoisotopic (exact) mass is 270 g/mol. The lowest BCUT2D eigenvalue weighted by Crippen LogP contribution is -2.47. The third kappa shape index (κ3) is 3.29. The van der Waals surface area contributed by atoms with Crippen LogP contribution in [0, 0.1) is 0 Å². The summed E-state index contributed by atoms with van der Waals surface area (Å²) in [5, 5.41) is 13.4. The SMILES string of the molecule is CCC(O)(CC)CN1CCOC(c2nccs2)C1. The maximum atomic E-state index is 10.4. The molecule has 1 aliphatic heterocycles. The Labute approximate surface area is 113 Å².